The van der Waals surface area contributed by atoms with E-state index < -0.39 is 17.2 Å². The molecular weight excluding hydrogens is 466 g/mol. The van der Waals surface area contributed by atoms with Gasteiger partial charge in [-0.2, -0.15) is 0 Å². The van der Waals surface area contributed by atoms with Crippen molar-refractivity contribution in [2.75, 3.05) is 19.5 Å². The highest BCUT2D eigenvalue weighted by molar-refractivity contribution is 7.25. The van der Waals surface area contributed by atoms with Gasteiger partial charge in [0.25, 0.3) is 5.56 Å². The molecule has 0 bridgehead atoms. The lowest BCUT2D eigenvalue weighted by atomic mass is 10.2. The fourth-order valence-corrected chi connectivity index (χ4v) is 5.16. The SMILES string of the molecule is COc1cccc(NC(=O)Cn2c(=O)n(-c3cccc(OC)c3)c(=O)c3sc4ccccc4c32)c1. The number of thiophene rings is 1. The van der Waals surface area contributed by atoms with E-state index in [1.54, 1.807) is 55.6 Å². The van der Waals surface area contributed by atoms with Gasteiger partial charge in [0, 0.05) is 27.9 Å². The van der Waals surface area contributed by atoms with Crippen LogP contribution in [0.2, 0.25) is 0 Å². The lowest BCUT2D eigenvalue weighted by Gasteiger charge is -2.14. The Bertz CT molecular complexity index is 1700. The van der Waals surface area contributed by atoms with Crippen LogP contribution in [0.4, 0.5) is 5.69 Å². The van der Waals surface area contributed by atoms with E-state index in [1.807, 2.05) is 24.3 Å². The maximum absolute atomic E-state index is 13.7. The fraction of sp³-hybridized carbons (Fsp3) is 0.115. The molecule has 2 heterocycles. The third kappa shape index (κ3) is 4.06. The molecule has 0 fully saturated rings. The normalized spacial score (nSPS) is 11.0. The molecule has 0 aliphatic carbocycles. The van der Waals surface area contributed by atoms with E-state index in [0.717, 1.165) is 14.7 Å². The van der Waals surface area contributed by atoms with Crippen molar-refractivity contribution >= 4 is 43.2 Å². The maximum atomic E-state index is 13.7. The zero-order valence-corrected chi connectivity index (χ0v) is 19.8. The summed E-state index contributed by atoms with van der Waals surface area (Å²) in [6.45, 7) is -0.280. The Labute approximate surface area is 203 Å². The second-order valence-corrected chi connectivity index (χ2v) is 8.82. The van der Waals surface area contributed by atoms with Crippen LogP contribution in [0.15, 0.2) is 82.4 Å². The van der Waals surface area contributed by atoms with Crippen LogP contribution >= 0.6 is 11.3 Å². The number of carbonyl (C=O) groups is 1. The molecule has 0 aliphatic rings. The minimum atomic E-state index is -0.611. The van der Waals surface area contributed by atoms with E-state index in [0.29, 0.717) is 33.1 Å². The quantitative estimate of drug-likeness (QED) is 0.391. The lowest BCUT2D eigenvalue weighted by Crippen LogP contribution is -2.40. The number of amides is 1. The van der Waals surface area contributed by atoms with Gasteiger partial charge >= 0.3 is 5.69 Å². The highest BCUT2D eigenvalue weighted by atomic mass is 32.1. The minimum absolute atomic E-state index is 0.280. The number of aromatic nitrogens is 2. The molecule has 0 saturated carbocycles. The average Bonchev–Trinajstić information content (AvgIpc) is 3.27. The van der Waals surface area contributed by atoms with Crippen molar-refractivity contribution < 1.29 is 14.3 Å². The van der Waals surface area contributed by atoms with Crippen LogP contribution in [0.3, 0.4) is 0 Å². The summed E-state index contributed by atoms with van der Waals surface area (Å²) in [7, 11) is 3.05. The summed E-state index contributed by atoms with van der Waals surface area (Å²) in [5, 5.41) is 3.55. The molecule has 0 radical (unpaired) electrons. The molecule has 5 aromatic rings. The molecule has 9 heteroatoms. The molecule has 35 heavy (non-hydrogen) atoms. The summed E-state index contributed by atoms with van der Waals surface area (Å²) in [6, 6.07) is 21.1. The number of methoxy groups -OCH3 is 2. The van der Waals surface area contributed by atoms with E-state index in [2.05, 4.69) is 5.32 Å². The summed E-state index contributed by atoms with van der Waals surface area (Å²) in [5.74, 6) is 0.693. The first kappa shape index (κ1) is 22.4. The largest absolute Gasteiger partial charge is 0.497 e. The number of anilines is 1. The van der Waals surface area contributed by atoms with Crippen molar-refractivity contribution in [3.63, 3.8) is 0 Å². The number of fused-ring (bicyclic) bond motifs is 3. The topological polar surface area (TPSA) is 91.6 Å². The smallest absolute Gasteiger partial charge is 0.336 e. The Morgan fingerprint density at radius 2 is 1.63 bits per heavy atom. The molecule has 3 aromatic carbocycles. The zero-order valence-electron chi connectivity index (χ0n) is 19.0. The van der Waals surface area contributed by atoms with Crippen molar-refractivity contribution in [1.29, 1.82) is 0 Å². The lowest BCUT2D eigenvalue weighted by molar-refractivity contribution is -0.116. The maximum Gasteiger partial charge on any atom is 0.336 e. The molecule has 176 valence electrons. The van der Waals surface area contributed by atoms with E-state index in [4.69, 9.17) is 9.47 Å². The summed E-state index contributed by atoms with van der Waals surface area (Å²) in [5.41, 5.74) is 0.292. The number of hydrogen-bond acceptors (Lipinski definition) is 6. The molecule has 8 nitrogen and oxygen atoms in total. The van der Waals surface area contributed by atoms with Crippen molar-refractivity contribution in [3.8, 4) is 17.2 Å². The van der Waals surface area contributed by atoms with Gasteiger partial charge in [-0.3, -0.25) is 14.2 Å². The van der Waals surface area contributed by atoms with Gasteiger partial charge in [0.1, 0.15) is 22.7 Å². The predicted octanol–water partition coefficient (Wildman–Crippen LogP) is 4.02. The van der Waals surface area contributed by atoms with Crippen LogP contribution in [0.5, 0.6) is 11.5 Å². The third-order valence-electron chi connectivity index (χ3n) is 5.63. The average molecular weight is 488 g/mol. The first-order valence-corrected chi connectivity index (χ1v) is 11.6. The monoisotopic (exact) mass is 487 g/mol. The molecule has 0 aliphatic heterocycles. The number of carbonyl (C=O) groups excluding carboxylic acids is 1. The molecule has 0 atom stereocenters. The number of hydrogen-bond donors (Lipinski definition) is 1. The number of benzene rings is 3. The van der Waals surface area contributed by atoms with Crippen molar-refractivity contribution in [2.24, 2.45) is 0 Å². The van der Waals surface area contributed by atoms with Gasteiger partial charge in [-0.25, -0.2) is 9.36 Å². The van der Waals surface area contributed by atoms with Gasteiger partial charge in [0.2, 0.25) is 5.91 Å². The van der Waals surface area contributed by atoms with Gasteiger partial charge < -0.3 is 14.8 Å². The zero-order chi connectivity index (χ0) is 24.5. The summed E-state index contributed by atoms with van der Waals surface area (Å²) < 4.78 is 14.2. The first-order valence-electron chi connectivity index (χ1n) is 10.8. The van der Waals surface area contributed by atoms with Gasteiger partial charge in [-0.05, 0) is 30.3 Å². The van der Waals surface area contributed by atoms with E-state index in [1.165, 1.54) is 23.0 Å². The fourth-order valence-electron chi connectivity index (χ4n) is 4.02. The van der Waals surface area contributed by atoms with Crippen molar-refractivity contribution in [1.82, 2.24) is 9.13 Å². The second kappa shape index (κ2) is 9.11. The molecule has 0 spiro atoms. The summed E-state index contributed by atoms with van der Waals surface area (Å²) in [6.07, 6.45) is 0. The van der Waals surface area contributed by atoms with Gasteiger partial charge in [-0.15, -0.1) is 11.3 Å². The Morgan fingerprint density at radius 1 is 0.914 bits per heavy atom. The minimum Gasteiger partial charge on any atom is -0.497 e. The molecule has 1 N–H and O–H groups in total. The molecule has 0 unspecified atom stereocenters. The number of rotatable bonds is 6. The van der Waals surface area contributed by atoms with Crippen LogP contribution in [-0.2, 0) is 11.3 Å². The summed E-state index contributed by atoms with van der Waals surface area (Å²) in [4.78, 5) is 40.3. The number of nitrogens with one attached hydrogen (secondary N) is 1. The van der Waals surface area contributed by atoms with Crippen molar-refractivity contribution in [2.45, 2.75) is 6.54 Å². The Hall–Kier alpha value is -4.37. The Balaban J connectivity index is 1.69. The standard InChI is InChI=1S/C26H21N3O5S/c1-33-18-9-5-7-16(13-18)27-22(30)15-28-23-20-11-3-4-12-21(20)35-24(23)25(31)29(26(28)32)17-8-6-10-19(14-17)34-2/h3-14H,15H2,1-2H3,(H,27,30). The van der Waals surface area contributed by atoms with Gasteiger partial charge in [0.05, 0.1) is 25.4 Å². The van der Waals surface area contributed by atoms with E-state index in [-0.39, 0.29) is 6.54 Å². The van der Waals surface area contributed by atoms with Crippen LogP contribution in [0.25, 0.3) is 26.0 Å². The Morgan fingerprint density at radius 3 is 2.40 bits per heavy atom. The van der Waals surface area contributed by atoms with Crippen LogP contribution in [0, 0.1) is 0 Å². The first-order chi connectivity index (χ1) is 17.0. The predicted molar refractivity (Wildman–Crippen MR) is 137 cm³/mol. The highest BCUT2D eigenvalue weighted by Crippen LogP contribution is 2.31. The molecule has 1 amide bonds. The van der Waals surface area contributed by atoms with Crippen LogP contribution < -0.4 is 26.0 Å². The van der Waals surface area contributed by atoms with Gasteiger partial charge in [-0.1, -0.05) is 30.3 Å². The molecule has 0 saturated heterocycles. The van der Waals surface area contributed by atoms with Gasteiger partial charge in [0.15, 0.2) is 0 Å². The van der Waals surface area contributed by atoms with E-state index >= 15 is 0 Å². The molecular formula is C26H21N3O5S. The molecule has 5 rings (SSSR count). The highest BCUT2D eigenvalue weighted by Gasteiger charge is 2.21. The van der Waals surface area contributed by atoms with Crippen LogP contribution in [-0.4, -0.2) is 29.3 Å². The number of nitrogens with zero attached hydrogens (tertiary/aromatic N) is 2. The number of ether oxygens (including phenoxy) is 2. The van der Waals surface area contributed by atoms with Crippen molar-refractivity contribution in [3.05, 3.63) is 93.6 Å². The molecule has 2 aromatic heterocycles. The third-order valence-corrected chi connectivity index (χ3v) is 6.77. The summed E-state index contributed by atoms with van der Waals surface area (Å²) >= 11 is 1.29. The second-order valence-electron chi connectivity index (χ2n) is 7.77. The Kier molecular flexibility index (Phi) is 5.84. The van der Waals surface area contributed by atoms with Crippen LogP contribution in [0.1, 0.15) is 0 Å². The van der Waals surface area contributed by atoms with E-state index in [9.17, 15) is 14.4 Å².